The van der Waals surface area contributed by atoms with Crippen LogP contribution in [0.3, 0.4) is 0 Å². The molecule has 0 aliphatic heterocycles. The highest BCUT2D eigenvalue weighted by molar-refractivity contribution is 7.90. The second-order valence-corrected chi connectivity index (χ2v) is 12.5. The number of aromatic carboxylic acids is 1. The Balaban J connectivity index is 1.68. The number of nitrogens with zero attached hydrogens (tertiary/aromatic N) is 2. The molecule has 0 unspecified atom stereocenters. The maximum atomic E-state index is 12.3. The molecule has 10 nitrogen and oxygen atoms in total. The fourth-order valence-electron chi connectivity index (χ4n) is 4.68. The number of nitrogens with one attached hydrogen (secondary N) is 1. The van der Waals surface area contributed by atoms with Crippen molar-refractivity contribution in [3.63, 3.8) is 0 Å². The van der Waals surface area contributed by atoms with Gasteiger partial charge in [0.15, 0.2) is 9.84 Å². The molecule has 0 bridgehead atoms. The molecular weight excluding hydrogens is 522 g/mol. The number of sulfone groups is 1. The van der Waals surface area contributed by atoms with Gasteiger partial charge in [0.1, 0.15) is 17.0 Å². The zero-order valence-electron chi connectivity index (χ0n) is 22.7. The third kappa shape index (κ3) is 6.25. The standard InChI is InChI=1S/C28H33N3O7S/c1-28(2,3)38-27(34)29-12-7-13-31-25(26(32)33)20-11-10-18-15-23(37-4)21(16-22(18)24(20)30-31)17-8-6-9-19(14-17)39(5,35)36/h6,8-9,14-16H,7,10-13H2,1-5H3,(H,29,34)(H,32,33). The molecule has 39 heavy (non-hydrogen) atoms. The number of amides is 1. The molecule has 0 atom stereocenters. The van der Waals surface area contributed by atoms with E-state index in [9.17, 15) is 23.1 Å². The summed E-state index contributed by atoms with van der Waals surface area (Å²) in [7, 11) is -1.85. The number of carboxylic acids is 1. The lowest BCUT2D eigenvalue weighted by atomic mass is 9.86. The molecule has 1 heterocycles. The van der Waals surface area contributed by atoms with Gasteiger partial charge in [-0.15, -0.1) is 0 Å². The lowest BCUT2D eigenvalue weighted by Gasteiger charge is -2.19. The van der Waals surface area contributed by atoms with Gasteiger partial charge < -0.3 is 19.9 Å². The van der Waals surface area contributed by atoms with Crippen LogP contribution in [0.4, 0.5) is 4.79 Å². The molecule has 2 aromatic carbocycles. The number of carboxylic acid groups (broad SMARTS) is 1. The van der Waals surface area contributed by atoms with Crippen molar-refractivity contribution in [1.82, 2.24) is 15.1 Å². The number of benzene rings is 2. The summed E-state index contributed by atoms with van der Waals surface area (Å²) in [6, 6.07) is 10.4. The molecule has 0 saturated heterocycles. The first kappa shape index (κ1) is 28.2. The van der Waals surface area contributed by atoms with E-state index in [2.05, 4.69) is 5.32 Å². The molecule has 1 amide bonds. The lowest BCUT2D eigenvalue weighted by molar-refractivity contribution is 0.0524. The summed E-state index contributed by atoms with van der Waals surface area (Å²) >= 11 is 0. The lowest BCUT2D eigenvalue weighted by Crippen LogP contribution is -2.33. The third-order valence-electron chi connectivity index (χ3n) is 6.37. The van der Waals surface area contributed by atoms with Crippen molar-refractivity contribution < 1.29 is 32.6 Å². The van der Waals surface area contributed by atoms with Gasteiger partial charge in [-0.2, -0.15) is 5.10 Å². The van der Waals surface area contributed by atoms with E-state index in [1.165, 1.54) is 4.68 Å². The van der Waals surface area contributed by atoms with Crippen LogP contribution in [-0.2, 0) is 34.0 Å². The van der Waals surface area contributed by atoms with Crippen molar-refractivity contribution in [2.24, 2.45) is 0 Å². The van der Waals surface area contributed by atoms with Crippen LogP contribution in [0.1, 0.15) is 48.8 Å². The molecule has 1 aliphatic carbocycles. The Morgan fingerprint density at radius 1 is 1.13 bits per heavy atom. The Bertz CT molecular complexity index is 1540. The minimum Gasteiger partial charge on any atom is -0.496 e. The second-order valence-electron chi connectivity index (χ2n) is 10.5. The van der Waals surface area contributed by atoms with Crippen molar-refractivity contribution in [2.45, 2.75) is 57.1 Å². The number of fused-ring (bicyclic) bond motifs is 3. The van der Waals surface area contributed by atoms with Crippen molar-refractivity contribution in [3.05, 3.63) is 53.2 Å². The minimum atomic E-state index is -3.41. The molecule has 11 heteroatoms. The maximum Gasteiger partial charge on any atom is 0.407 e. The van der Waals surface area contributed by atoms with Crippen LogP contribution in [0.2, 0.25) is 0 Å². The number of ether oxygens (including phenoxy) is 2. The zero-order chi connectivity index (χ0) is 28.5. The van der Waals surface area contributed by atoms with E-state index >= 15 is 0 Å². The van der Waals surface area contributed by atoms with Gasteiger partial charge in [0.05, 0.1) is 17.7 Å². The van der Waals surface area contributed by atoms with Crippen molar-refractivity contribution in [3.8, 4) is 28.1 Å². The Morgan fingerprint density at radius 3 is 2.51 bits per heavy atom. The molecule has 0 saturated carbocycles. The van der Waals surface area contributed by atoms with Gasteiger partial charge in [0.2, 0.25) is 0 Å². The summed E-state index contributed by atoms with van der Waals surface area (Å²) in [5.41, 5.74) is 3.85. The molecule has 208 valence electrons. The van der Waals surface area contributed by atoms with Crippen LogP contribution in [0.5, 0.6) is 5.75 Å². The van der Waals surface area contributed by atoms with Crippen LogP contribution in [0.25, 0.3) is 22.4 Å². The Kier molecular flexibility index (Phi) is 7.74. The number of hydrogen-bond donors (Lipinski definition) is 2. The average molecular weight is 556 g/mol. The normalized spacial score (nSPS) is 12.8. The van der Waals surface area contributed by atoms with Crippen LogP contribution in [0, 0.1) is 0 Å². The first-order valence-corrected chi connectivity index (χ1v) is 14.5. The molecule has 3 aromatic rings. The number of carbonyl (C=O) groups is 2. The molecule has 0 spiro atoms. The topological polar surface area (TPSA) is 137 Å². The molecule has 2 N–H and O–H groups in total. The minimum absolute atomic E-state index is 0.129. The monoisotopic (exact) mass is 555 g/mol. The summed E-state index contributed by atoms with van der Waals surface area (Å²) in [6.07, 6.45) is 2.20. The predicted molar refractivity (Wildman–Crippen MR) is 146 cm³/mol. The summed E-state index contributed by atoms with van der Waals surface area (Å²) in [6.45, 7) is 5.93. The molecule has 1 aliphatic rings. The highest BCUT2D eigenvalue weighted by atomic mass is 32.2. The zero-order valence-corrected chi connectivity index (χ0v) is 23.5. The van der Waals surface area contributed by atoms with Gasteiger partial charge in [0, 0.05) is 36.0 Å². The number of rotatable bonds is 8. The maximum absolute atomic E-state index is 12.3. The summed E-state index contributed by atoms with van der Waals surface area (Å²) in [4.78, 5) is 24.4. The van der Waals surface area contributed by atoms with Crippen LogP contribution < -0.4 is 10.1 Å². The van der Waals surface area contributed by atoms with Gasteiger partial charge >= 0.3 is 12.1 Å². The third-order valence-corrected chi connectivity index (χ3v) is 7.48. The SMILES string of the molecule is COc1cc2c(cc1-c1cccc(S(C)(=O)=O)c1)-c1nn(CCCNC(=O)OC(C)(C)C)c(C(=O)O)c1CC2. The van der Waals surface area contributed by atoms with E-state index in [1.807, 2.05) is 18.2 Å². The fourth-order valence-corrected chi connectivity index (χ4v) is 5.35. The average Bonchev–Trinajstić information content (AvgIpc) is 3.23. The van der Waals surface area contributed by atoms with Crippen molar-refractivity contribution in [1.29, 1.82) is 0 Å². The smallest absolute Gasteiger partial charge is 0.407 e. The summed E-state index contributed by atoms with van der Waals surface area (Å²) < 4.78 is 36.7. The van der Waals surface area contributed by atoms with E-state index in [1.54, 1.807) is 46.1 Å². The predicted octanol–water partition coefficient (Wildman–Crippen LogP) is 4.34. The number of alkyl carbamates (subject to hydrolysis) is 1. The molecule has 4 rings (SSSR count). The summed E-state index contributed by atoms with van der Waals surface area (Å²) in [5, 5.41) is 17.4. The fraction of sp³-hybridized carbons (Fsp3) is 0.393. The van der Waals surface area contributed by atoms with E-state index in [-0.39, 0.29) is 10.6 Å². The van der Waals surface area contributed by atoms with Gasteiger partial charge in [-0.3, -0.25) is 4.68 Å². The Hall–Kier alpha value is -3.86. The molecular formula is C28H33N3O7S. The molecule has 1 aromatic heterocycles. The van der Waals surface area contributed by atoms with Gasteiger partial charge in [0.25, 0.3) is 0 Å². The number of methoxy groups -OCH3 is 1. The number of aryl methyl sites for hydroxylation is 2. The van der Waals surface area contributed by atoms with Crippen molar-refractivity contribution >= 4 is 21.9 Å². The van der Waals surface area contributed by atoms with E-state index < -0.39 is 27.5 Å². The van der Waals surface area contributed by atoms with E-state index in [0.29, 0.717) is 60.5 Å². The number of aromatic nitrogens is 2. The van der Waals surface area contributed by atoms with Gasteiger partial charge in [-0.05, 0) is 75.4 Å². The quantitative estimate of drug-likeness (QED) is 0.392. The highest BCUT2D eigenvalue weighted by Crippen LogP contribution is 2.42. The Morgan fingerprint density at radius 2 is 1.87 bits per heavy atom. The van der Waals surface area contributed by atoms with Crippen LogP contribution >= 0.6 is 0 Å². The first-order chi connectivity index (χ1) is 18.3. The van der Waals surface area contributed by atoms with Gasteiger partial charge in [-0.1, -0.05) is 12.1 Å². The van der Waals surface area contributed by atoms with E-state index in [4.69, 9.17) is 14.6 Å². The number of carbonyl (C=O) groups excluding carboxylic acids is 1. The highest BCUT2D eigenvalue weighted by Gasteiger charge is 2.29. The largest absolute Gasteiger partial charge is 0.496 e. The second kappa shape index (κ2) is 10.7. The van der Waals surface area contributed by atoms with Crippen LogP contribution in [0.15, 0.2) is 41.3 Å². The first-order valence-electron chi connectivity index (χ1n) is 12.6. The molecule has 0 fully saturated rings. The van der Waals surface area contributed by atoms with Gasteiger partial charge in [-0.25, -0.2) is 18.0 Å². The van der Waals surface area contributed by atoms with E-state index in [0.717, 1.165) is 17.4 Å². The summed E-state index contributed by atoms with van der Waals surface area (Å²) in [5.74, 6) is -0.476. The van der Waals surface area contributed by atoms with Crippen molar-refractivity contribution in [2.75, 3.05) is 19.9 Å². The van der Waals surface area contributed by atoms with Crippen LogP contribution in [-0.4, -0.2) is 60.9 Å². The number of hydrogen-bond acceptors (Lipinski definition) is 7. The molecule has 0 radical (unpaired) electrons. The Labute approximate surface area is 227 Å².